The number of aryl methyl sites for hydroxylation is 1. The van der Waals surface area contributed by atoms with Crippen molar-refractivity contribution in [3.63, 3.8) is 0 Å². The number of rotatable bonds is 3. The highest BCUT2D eigenvalue weighted by Crippen LogP contribution is 2.40. The highest BCUT2D eigenvalue weighted by Gasteiger charge is 2.31. The van der Waals surface area contributed by atoms with Crippen molar-refractivity contribution in [2.75, 3.05) is 0 Å². The summed E-state index contributed by atoms with van der Waals surface area (Å²) in [5.74, 6) is 2.07. The average Bonchev–Trinajstić information content (AvgIpc) is 2.82. The van der Waals surface area contributed by atoms with E-state index in [2.05, 4.69) is 22.6 Å². The van der Waals surface area contributed by atoms with Crippen molar-refractivity contribution in [3.8, 4) is 0 Å². The monoisotopic (exact) mass is 264 g/mol. The van der Waals surface area contributed by atoms with Crippen LogP contribution in [-0.4, -0.2) is 11.0 Å². The van der Waals surface area contributed by atoms with E-state index in [1.165, 1.54) is 55.6 Å². The first kappa shape index (κ1) is 12.6. The Bertz CT molecular complexity index is 388. The maximum Gasteiger partial charge on any atom is 0.0897 e. The average molecular weight is 264 g/mol. The lowest BCUT2D eigenvalue weighted by atomic mass is 9.69. The lowest BCUT2D eigenvalue weighted by Gasteiger charge is -2.39. The molecule has 3 heteroatoms. The van der Waals surface area contributed by atoms with Crippen LogP contribution in [0, 0.1) is 18.8 Å². The highest BCUT2D eigenvalue weighted by atomic mass is 32.1. The maximum atomic E-state index is 4.53. The van der Waals surface area contributed by atoms with Gasteiger partial charge < -0.3 is 5.32 Å². The number of thiazole rings is 1. The smallest absolute Gasteiger partial charge is 0.0897 e. The molecule has 3 rings (SSSR count). The molecule has 0 radical (unpaired) electrons. The number of nitrogens with one attached hydrogen (secondary N) is 1. The van der Waals surface area contributed by atoms with E-state index in [9.17, 15) is 0 Å². The zero-order valence-electron chi connectivity index (χ0n) is 11.3. The van der Waals surface area contributed by atoms with Gasteiger partial charge in [0, 0.05) is 18.0 Å². The van der Waals surface area contributed by atoms with Crippen LogP contribution in [0.15, 0.2) is 5.38 Å². The summed E-state index contributed by atoms with van der Waals surface area (Å²) in [4.78, 5) is 4.53. The van der Waals surface area contributed by atoms with Gasteiger partial charge in [-0.15, -0.1) is 11.3 Å². The molecule has 3 atom stereocenters. The molecular formula is C15H24N2S. The first-order chi connectivity index (χ1) is 8.81. The molecule has 0 saturated heterocycles. The summed E-state index contributed by atoms with van der Waals surface area (Å²) in [6, 6.07) is 0.742. The van der Waals surface area contributed by atoms with Crippen LogP contribution in [0.25, 0.3) is 0 Å². The predicted octanol–water partition coefficient (Wildman–Crippen LogP) is 3.90. The molecule has 18 heavy (non-hydrogen) atoms. The molecule has 0 bridgehead atoms. The van der Waals surface area contributed by atoms with E-state index in [4.69, 9.17) is 0 Å². The summed E-state index contributed by atoms with van der Waals surface area (Å²) >= 11 is 1.76. The van der Waals surface area contributed by atoms with Crippen molar-refractivity contribution in [3.05, 3.63) is 16.1 Å². The second-order valence-electron chi connectivity index (χ2n) is 6.05. The molecular weight excluding hydrogens is 240 g/mol. The van der Waals surface area contributed by atoms with E-state index in [-0.39, 0.29) is 0 Å². The zero-order valence-corrected chi connectivity index (χ0v) is 12.1. The van der Waals surface area contributed by atoms with Gasteiger partial charge in [-0.3, -0.25) is 0 Å². The Morgan fingerprint density at radius 1 is 1.22 bits per heavy atom. The Kier molecular flexibility index (Phi) is 4.00. The van der Waals surface area contributed by atoms with Crippen LogP contribution in [0.1, 0.15) is 55.6 Å². The Morgan fingerprint density at radius 3 is 2.83 bits per heavy atom. The van der Waals surface area contributed by atoms with Crippen LogP contribution in [0.5, 0.6) is 0 Å². The quantitative estimate of drug-likeness (QED) is 0.895. The van der Waals surface area contributed by atoms with E-state index >= 15 is 0 Å². The minimum atomic E-state index is 0.742. The molecule has 3 unspecified atom stereocenters. The van der Waals surface area contributed by atoms with Crippen molar-refractivity contribution in [2.45, 2.75) is 64.5 Å². The number of aromatic nitrogens is 1. The highest BCUT2D eigenvalue weighted by molar-refractivity contribution is 7.09. The maximum absolute atomic E-state index is 4.53. The first-order valence-corrected chi connectivity index (χ1v) is 8.33. The van der Waals surface area contributed by atoms with Crippen LogP contribution in [0.3, 0.4) is 0 Å². The summed E-state index contributed by atoms with van der Waals surface area (Å²) in [6.45, 7) is 3.05. The molecule has 2 fully saturated rings. The summed E-state index contributed by atoms with van der Waals surface area (Å²) in [5, 5.41) is 7.10. The van der Waals surface area contributed by atoms with Crippen molar-refractivity contribution in [2.24, 2.45) is 11.8 Å². The van der Waals surface area contributed by atoms with Gasteiger partial charge in [0.2, 0.25) is 0 Å². The summed E-state index contributed by atoms with van der Waals surface area (Å²) in [5.41, 5.74) is 1.23. The topological polar surface area (TPSA) is 24.9 Å². The Balaban J connectivity index is 1.49. The zero-order chi connectivity index (χ0) is 12.4. The summed E-state index contributed by atoms with van der Waals surface area (Å²) in [6.07, 6.45) is 10.2. The third kappa shape index (κ3) is 2.94. The Morgan fingerprint density at radius 2 is 2.06 bits per heavy atom. The molecule has 2 aliphatic carbocycles. The Labute approximate surface area is 114 Å². The van der Waals surface area contributed by atoms with Crippen molar-refractivity contribution < 1.29 is 0 Å². The van der Waals surface area contributed by atoms with E-state index in [1.807, 2.05) is 0 Å². The van der Waals surface area contributed by atoms with Gasteiger partial charge in [-0.05, 0) is 38.0 Å². The molecule has 1 aromatic rings. The van der Waals surface area contributed by atoms with Crippen LogP contribution in [0.4, 0.5) is 0 Å². The minimum Gasteiger partial charge on any atom is -0.308 e. The normalized spacial score (nSPS) is 32.2. The molecule has 1 N–H and O–H groups in total. The van der Waals surface area contributed by atoms with Gasteiger partial charge in [0.15, 0.2) is 0 Å². The SMILES string of the molecule is Cc1nc(CNC2CCC3CCCCC3C2)cs1. The van der Waals surface area contributed by atoms with Gasteiger partial charge in [0.05, 0.1) is 10.7 Å². The predicted molar refractivity (Wildman–Crippen MR) is 76.8 cm³/mol. The molecule has 0 aliphatic heterocycles. The number of fused-ring (bicyclic) bond motifs is 1. The summed E-state index contributed by atoms with van der Waals surface area (Å²) in [7, 11) is 0. The molecule has 2 aliphatic rings. The largest absolute Gasteiger partial charge is 0.308 e. The molecule has 0 spiro atoms. The van der Waals surface area contributed by atoms with E-state index in [0.717, 1.165) is 24.4 Å². The van der Waals surface area contributed by atoms with Crippen molar-refractivity contribution in [1.29, 1.82) is 0 Å². The molecule has 0 aromatic carbocycles. The van der Waals surface area contributed by atoms with Gasteiger partial charge >= 0.3 is 0 Å². The van der Waals surface area contributed by atoms with Gasteiger partial charge in [-0.2, -0.15) is 0 Å². The third-order valence-corrected chi connectivity index (χ3v) is 5.60. The molecule has 1 heterocycles. The first-order valence-electron chi connectivity index (χ1n) is 7.45. The van der Waals surface area contributed by atoms with E-state index < -0.39 is 0 Å². The second-order valence-corrected chi connectivity index (χ2v) is 7.12. The lowest BCUT2D eigenvalue weighted by Crippen LogP contribution is -2.38. The van der Waals surface area contributed by atoms with Gasteiger partial charge in [-0.25, -0.2) is 4.98 Å². The van der Waals surface area contributed by atoms with E-state index in [0.29, 0.717) is 0 Å². The van der Waals surface area contributed by atoms with Crippen molar-refractivity contribution >= 4 is 11.3 Å². The molecule has 100 valence electrons. The van der Waals surface area contributed by atoms with Crippen molar-refractivity contribution in [1.82, 2.24) is 10.3 Å². The van der Waals surface area contributed by atoms with Crippen LogP contribution in [0.2, 0.25) is 0 Å². The number of nitrogens with zero attached hydrogens (tertiary/aromatic N) is 1. The van der Waals surface area contributed by atoms with Gasteiger partial charge in [0.25, 0.3) is 0 Å². The third-order valence-electron chi connectivity index (χ3n) is 4.78. The molecule has 2 saturated carbocycles. The fourth-order valence-corrected chi connectivity index (χ4v) is 4.41. The number of hydrogen-bond donors (Lipinski definition) is 1. The number of hydrogen-bond acceptors (Lipinski definition) is 3. The molecule has 1 aromatic heterocycles. The molecule has 0 amide bonds. The fraction of sp³-hybridized carbons (Fsp3) is 0.800. The van der Waals surface area contributed by atoms with Gasteiger partial charge in [0.1, 0.15) is 0 Å². The van der Waals surface area contributed by atoms with Crippen LogP contribution < -0.4 is 5.32 Å². The Hall–Kier alpha value is -0.410. The lowest BCUT2D eigenvalue weighted by molar-refractivity contribution is 0.143. The minimum absolute atomic E-state index is 0.742. The van der Waals surface area contributed by atoms with Crippen LogP contribution in [-0.2, 0) is 6.54 Å². The standard InChI is InChI=1S/C15H24N2S/c1-11-17-15(10-18-11)9-16-14-7-6-12-4-2-3-5-13(12)8-14/h10,12-14,16H,2-9H2,1H3. The van der Waals surface area contributed by atoms with E-state index in [1.54, 1.807) is 11.3 Å². The second kappa shape index (κ2) is 5.70. The summed E-state index contributed by atoms with van der Waals surface area (Å²) < 4.78 is 0. The van der Waals surface area contributed by atoms with Crippen LogP contribution >= 0.6 is 11.3 Å². The van der Waals surface area contributed by atoms with Gasteiger partial charge in [-0.1, -0.05) is 25.7 Å². The fourth-order valence-electron chi connectivity index (χ4n) is 3.80. The molecule has 2 nitrogen and oxygen atoms in total.